The maximum Gasteiger partial charge on any atom is 0.218 e. The highest BCUT2D eigenvalue weighted by Crippen LogP contribution is 2.01. The topological polar surface area (TPSA) is 101 Å². The molecule has 0 spiro atoms. The Labute approximate surface area is 103 Å². The molecule has 0 aromatic carbocycles. The van der Waals surface area contributed by atoms with Crippen LogP contribution in [0.25, 0.3) is 0 Å². The highest BCUT2D eigenvalue weighted by Gasteiger charge is 2.16. The normalized spacial score (nSPS) is 12.3. The molecule has 0 atom stereocenters. The molecule has 3 N–H and O–H groups in total. The fourth-order valence-corrected chi connectivity index (χ4v) is 2.60. The molecular weight excluding hydrogens is 244 g/mol. The average Bonchev–Trinajstić information content (AvgIpc) is 2.21. The Bertz CT molecular complexity index is 327. The van der Waals surface area contributed by atoms with E-state index in [2.05, 4.69) is 0 Å². The van der Waals surface area contributed by atoms with Crippen molar-refractivity contribution in [3.05, 3.63) is 0 Å². The van der Waals surface area contributed by atoms with Crippen molar-refractivity contribution in [1.82, 2.24) is 4.90 Å². The molecule has 0 fully saturated rings. The van der Waals surface area contributed by atoms with Gasteiger partial charge < -0.3 is 10.8 Å². The molecule has 0 unspecified atom stereocenters. The molecular formula is C10H22N2O4S. The number of primary amides is 1. The van der Waals surface area contributed by atoms with Crippen molar-refractivity contribution in [2.24, 2.45) is 5.73 Å². The molecule has 0 radical (unpaired) electrons. The second kappa shape index (κ2) is 7.62. The Hall–Kier alpha value is -0.660. The van der Waals surface area contributed by atoms with E-state index in [1.165, 1.54) is 0 Å². The van der Waals surface area contributed by atoms with Gasteiger partial charge in [0, 0.05) is 25.6 Å². The number of carbonyl (C=O) groups excluding carboxylic acids is 1. The molecule has 17 heavy (non-hydrogen) atoms. The zero-order valence-electron chi connectivity index (χ0n) is 10.4. The zero-order chi connectivity index (χ0) is 13.5. The number of aliphatic hydroxyl groups is 1. The standard InChI is InChI=1S/C10H22N2O4S/c1-9(2)12(4-6-13)5-8-17(15,16)7-3-10(11)14/h9,13H,3-8H2,1-2H3,(H2,11,14). The van der Waals surface area contributed by atoms with Crippen molar-refractivity contribution >= 4 is 15.7 Å². The van der Waals surface area contributed by atoms with Gasteiger partial charge in [0.05, 0.1) is 18.1 Å². The third kappa shape index (κ3) is 8.12. The number of hydrogen-bond donors (Lipinski definition) is 2. The molecule has 7 heteroatoms. The molecule has 0 saturated heterocycles. The quantitative estimate of drug-likeness (QED) is 0.556. The Balaban J connectivity index is 4.18. The SMILES string of the molecule is CC(C)N(CCO)CCS(=O)(=O)CCC(N)=O. The maximum atomic E-state index is 11.6. The zero-order valence-corrected chi connectivity index (χ0v) is 11.2. The number of rotatable bonds is 9. The van der Waals surface area contributed by atoms with Gasteiger partial charge in [-0.3, -0.25) is 9.69 Å². The summed E-state index contributed by atoms with van der Waals surface area (Å²) in [5, 5.41) is 8.84. The molecule has 1 amide bonds. The molecule has 0 aromatic rings. The van der Waals surface area contributed by atoms with Gasteiger partial charge in [-0.25, -0.2) is 8.42 Å². The van der Waals surface area contributed by atoms with E-state index in [4.69, 9.17) is 10.8 Å². The first-order valence-electron chi connectivity index (χ1n) is 5.62. The van der Waals surface area contributed by atoms with Crippen molar-refractivity contribution < 1.29 is 18.3 Å². The van der Waals surface area contributed by atoms with E-state index in [9.17, 15) is 13.2 Å². The van der Waals surface area contributed by atoms with E-state index in [0.717, 1.165) is 0 Å². The van der Waals surface area contributed by atoms with Gasteiger partial charge in [0.25, 0.3) is 0 Å². The molecule has 6 nitrogen and oxygen atoms in total. The van der Waals surface area contributed by atoms with Crippen molar-refractivity contribution in [2.45, 2.75) is 26.3 Å². The highest BCUT2D eigenvalue weighted by molar-refractivity contribution is 7.91. The van der Waals surface area contributed by atoms with Gasteiger partial charge >= 0.3 is 0 Å². The van der Waals surface area contributed by atoms with Crippen LogP contribution in [0.3, 0.4) is 0 Å². The maximum absolute atomic E-state index is 11.6. The fourth-order valence-electron chi connectivity index (χ4n) is 1.37. The lowest BCUT2D eigenvalue weighted by Gasteiger charge is -2.25. The van der Waals surface area contributed by atoms with Crippen LogP contribution in [0.5, 0.6) is 0 Å². The van der Waals surface area contributed by atoms with E-state index in [1.807, 2.05) is 18.7 Å². The summed E-state index contributed by atoms with van der Waals surface area (Å²) in [4.78, 5) is 12.4. The molecule has 0 aliphatic heterocycles. The van der Waals surface area contributed by atoms with E-state index >= 15 is 0 Å². The molecule has 0 aliphatic rings. The summed E-state index contributed by atoms with van der Waals surface area (Å²) < 4.78 is 23.1. The predicted molar refractivity (Wildman–Crippen MR) is 66.3 cm³/mol. The second-order valence-corrected chi connectivity index (χ2v) is 6.53. The van der Waals surface area contributed by atoms with E-state index in [0.29, 0.717) is 13.1 Å². The number of nitrogens with zero attached hydrogens (tertiary/aromatic N) is 1. The fraction of sp³-hybridized carbons (Fsp3) is 0.900. The van der Waals surface area contributed by atoms with Gasteiger partial charge in [-0.1, -0.05) is 0 Å². The first-order chi connectivity index (χ1) is 7.78. The Kier molecular flexibility index (Phi) is 7.33. The van der Waals surface area contributed by atoms with Gasteiger partial charge in [0.15, 0.2) is 9.84 Å². The van der Waals surface area contributed by atoms with E-state index in [1.54, 1.807) is 0 Å². The van der Waals surface area contributed by atoms with Gasteiger partial charge in [0.2, 0.25) is 5.91 Å². The molecule has 0 heterocycles. The Morgan fingerprint density at radius 3 is 2.29 bits per heavy atom. The van der Waals surface area contributed by atoms with Crippen molar-refractivity contribution in [3.63, 3.8) is 0 Å². The van der Waals surface area contributed by atoms with Crippen molar-refractivity contribution in [1.29, 1.82) is 0 Å². The smallest absolute Gasteiger partial charge is 0.218 e. The lowest BCUT2D eigenvalue weighted by atomic mass is 10.3. The lowest BCUT2D eigenvalue weighted by molar-refractivity contribution is -0.117. The van der Waals surface area contributed by atoms with Crippen LogP contribution in [-0.2, 0) is 14.6 Å². The van der Waals surface area contributed by atoms with Crippen LogP contribution >= 0.6 is 0 Å². The van der Waals surface area contributed by atoms with E-state index < -0.39 is 15.7 Å². The second-order valence-electron chi connectivity index (χ2n) is 4.22. The Morgan fingerprint density at radius 1 is 1.29 bits per heavy atom. The summed E-state index contributed by atoms with van der Waals surface area (Å²) >= 11 is 0. The summed E-state index contributed by atoms with van der Waals surface area (Å²) in [5.74, 6) is -0.823. The number of sulfone groups is 1. The molecule has 0 aliphatic carbocycles. The molecule has 0 bridgehead atoms. The predicted octanol–water partition coefficient (Wildman–Crippen LogP) is -1.02. The first-order valence-corrected chi connectivity index (χ1v) is 7.44. The summed E-state index contributed by atoms with van der Waals surface area (Å²) in [6.07, 6.45) is -0.135. The van der Waals surface area contributed by atoms with Crippen LogP contribution in [0.1, 0.15) is 20.3 Å². The third-order valence-corrected chi connectivity index (χ3v) is 4.10. The van der Waals surface area contributed by atoms with Crippen LogP contribution in [0.15, 0.2) is 0 Å². The lowest BCUT2D eigenvalue weighted by Crippen LogP contribution is -2.37. The Morgan fingerprint density at radius 2 is 1.88 bits per heavy atom. The molecule has 0 saturated carbocycles. The minimum atomic E-state index is -3.25. The van der Waals surface area contributed by atoms with Gasteiger partial charge in [-0.2, -0.15) is 0 Å². The number of amides is 1. The number of hydrogen-bond acceptors (Lipinski definition) is 5. The van der Waals surface area contributed by atoms with Crippen LogP contribution in [0.4, 0.5) is 0 Å². The van der Waals surface area contributed by atoms with Crippen molar-refractivity contribution in [2.75, 3.05) is 31.2 Å². The highest BCUT2D eigenvalue weighted by atomic mass is 32.2. The minimum absolute atomic E-state index is 0.000483. The van der Waals surface area contributed by atoms with Gasteiger partial charge in [-0.15, -0.1) is 0 Å². The number of carbonyl (C=O) groups is 1. The number of nitrogens with two attached hydrogens (primary N) is 1. The molecule has 0 rings (SSSR count). The summed E-state index contributed by atoms with van der Waals surface area (Å²) in [5.41, 5.74) is 4.90. The van der Waals surface area contributed by atoms with E-state index in [-0.39, 0.29) is 30.6 Å². The average molecular weight is 266 g/mol. The largest absolute Gasteiger partial charge is 0.395 e. The van der Waals surface area contributed by atoms with Crippen LogP contribution in [-0.4, -0.2) is 61.6 Å². The van der Waals surface area contributed by atoms with Crippen LogP contribution in [0, 0.1) is 0 Å². The molecule has 0 aromatic heterocycles. The van der Waals surface area contributed by atoms with Crippen LogP contribution < -0.4 is 5.73 Å². The summed E-state index contributed by atoms with van der Waals surface area (Å²) in [6, 6.07) is 0.175. The van der Waals surface area contributed by atoms with Crippen LogP contribution in [0.2, 0.25) is 0 Å². The van der Waals surface area contributed by atoms with Gasteiger partial charge in [-0.05, 0) is 13.8 Å². The minimum Gasteiger partial charge on any atom is -0.395 e. The third-order valence-electron chi connectivity index (χ3n) is 2.47. The number of aliphatic hydroxyl groups excluding tert-OH is 1. The van der Waals surface area contributed by atoms with Gasteiger partial charge in [0.1, 0.15) is 0 Å². The first kappa shape index (κ1) is 16.3. The summed E-state index contributed by atoms with van der Waals surface area (Å²) in [7, 11) is -3.25. The van der Waals surface area contributed by atoms with Crippen molar-refractivity contribution in [3.8, 4) is 0 Å². The summed E-state index contributed by atoms with van der Waals surface area (Å²) in [6.45, 7) is 4.68. The monoisotopic (exact) mass is 266 g/mol. The molecule has 102 valence electrons.